The number of carbonyl (C=O) groups excluding carboxylic acids is 1. The first-order chi connectivity index (χ1) is 14.5. The third-order valence-electron chi connectivity index (χ3n) is 5.39. The highest BCUT2D eigenvalue weighted by Crippen LogP contribution is 2.28. The monoisotopic (exact) mass is 398 g/mol. The summed E-state index contributed by atoms with van der Waals surface area (Å²) in [6, 6.07) is 24.4. The van der Waals surface area contributed by atoms with E-state index in [9.17, 15) is 9.59 Å². The molecule has 4 aromatic rings. The lowest BCUT2D eigenvalue weighted by atomic mass is 9.91. The van der Waals surface area contributed by atoms with Crippen LogP contribution in [0, 0.1) is 13.8 Å². The number of benzene rings is 3. The van der Waals surface area contributed by atoms with Crippen LogP contribution in [0.4, 0.5) is 0 Å². The Hall–Kier alpha value is -3.66. The molecular weight excluding hydrogens is 376 g/mol. The number of fused-ring (bicyclic) bond motifs is 1. The van der Waals surface area contributed by atoms with Crippen molar-refractivity contribution in [3.8, 4) is 0 Å². The van der Waals surface area contributed by atoms with Gasteiger partial charge in [0.05, 0.1) is 0 Å². The highest BCUT2D eigenvalue weighted by atomic mass is 16.5. The summed E-state index contributed by atoms with van der Waals surface area (Å²) in [5, 5.41) is 0.779. The summed E-state index contributed by atoms with van der Waals surface area (Å²) in [6.45, 7) is 3.88. The zero-order valence-electron chi connectivity index (χ0n) is 16.9. The van der Waals surface area contributed by atoms with Gasteiger partial charge in [0, 0.05) is 17.0 Å². The summed E-state index contributed by atoms with van der Waals surface area (Å²) >= 11 is 0. The van der Waals surface area contributed by atoms with Crippen LogP contribution in [-0.2, 0) is 16.1 Å². The van der Waals surface area contributed by atoms with Crippen molar-refractivity contribution >= 4 is 16.9 Å². The zero-order chi connectivity index (χ0) is 21.1. The largest absolute Gasteiger partial charge is 0.460 e. The lowest BCUT2D eigenvalue weighted by Gasteiger charge is -2.17. The maximum Gasteiger partial charge on any atom is 0.336 e. The average molecular weight is 398 g/mol. The molecule has 4 rings (SSSR count). The SMILES string of the molecule is Cc1ccc2c(COC(=O)C(c3ccccc3)c3ccccc3)cc(=O)oc2c1C. The van der Waals surface area contributed by atoms with Crippen molar-refractivity contribution in [1.82, 2.24) is 0 Å². The van der Waals surface area contributed by atoms with Crippen LogP contribution in [-0.4, -0.2) is 5.97 Å². The third-order valence-corrected chi connectivity index (χ3v) is 5.39. The quantitative estimate of drug-likeness (QED) is 0.339. The lowest BCUT2D eigenvalue weighted by Crippen LogP contribution is -2.17. The molecular formula is C26H22O4. The van der Waals surface area contributed by atoms with Gasteiger partial charge in [-0.2, -0.15) is 0 Å². The molecule has 0 amide bonds. The molecule has 0 fully saturated rings. The van der Waals surface area contributed by atoms with Crippen LogP contribution in [0.2, 0.25) is 0 Å². The Morgan fingerprint density at radius 3 is 2.10 bits per heavy atom. The molecule has 0 bridgehead atoms. The predicted molar refractivity (Wildman–Crippen MR) is 116 cm³/mol. The molecule has 0 aliphatic rings. The fourth-order valence-corrected chi connectivity index (χ4v) is 3.63. The van der Waals surface area contributed by atoms with E-state index in [0.717, 1.165) is 27.6 Å². The van der Waals surface area contributed by atoms with Crippen molar-refractivity contribution in [3.63, 3.8) is 0 Å². The third kappa shape index (κ3) is 3.90. The Kier molecular flexibility index (Phi) is 5.48. The summed E-state index contributed by atoms with van der Waals surface area (Å²) in [5.74, 6) is -0.902. The summed E-state index contributed by atoms with van der Waals surface area (Å²) in [5.41, 5.74) is 4.38. The van der Waals surface area contributed by atoms with Crippen molar-refractivity contribution in [3.05, 3.63) is 117 Å². The van der Waals surface area contributed by atoms with Crippen molar-refractivity contribution in [2.75, 3.05) is 0 Å². The van der Waals surface area contributed by atoms with Gasteiger partial charge >= 0.3 is 11.6 Å². The van der Waals surface area contributed by atoms with E-state index >= 15 is 0 Å². The summed E-state index contributed by atoms with van der Waals surface area (Å²) < 4.78 is 11.1. The molecule has 0 atom stereocenters. The number of hydrogen-bond acceptors (Lipinski definition) is 4. The fourth-order valence-electron chi connectivity index (χ4n) is 3.63. The van der Waals surface area contributed by atoms with E-state index in [-0.39, 0.29) is 12.6 Å². The molecule has 4 heteroatoms. The molecule has 0 spiro atoms. The van der Waals surface area contributed by atoms with Crippen molar-refractivity contribution in [2.24, 2.45) is 0 Å². The summed E-state index contributed by atoms with van der Waals surface area (Å²) in [6.07, 6.45) is 0. The molecule has 30 heavy (non-hydrogen) atoms. The molecule has 0 radical (unpaired) electrons. The Morgan fingerprint density at radius 1 is 0.900 bits per heavy atom. The summed E-state index contributed by atoms with van der Waals surface area (Å²) in [7, 11) is 0. The van der Waals surface area contributed by atoms with Gasteiger partial charge in [-0.3, -0.25) is 4.79 Å². The molecule has 0 aliphatic heterocycles. The van der Waals surface area contributed by atoms with E-state index in [1.807, 2.05) is 86.6 Å². The van der Waals surface area contributed by atoms with Crippen LogP contribution in [0.25, 0.3) is 11.0 Å². The molecule has 4 nitrogen and oxygen atoms in total. The molecule has 3 aromatic carbocycles. The first kappa shape index (κ1) is 19.6. The smallest absolute Gasteiger partial charge is 0.336 e. The van der Waals surface area contributed by atoms with E-state index in [1.165, 1.54) is 6.07 Å². The lowest BCUT2D eigenvalue weighted by molar-refractivity contribution is -0.145. The van der Waals surface area contributed by atoms with Gasteiger partial charge in [-0.05, 0) is 36.1 Å². The van der Waals surface area contributed by atoms with Crippen LogP contribution in [0.3, 0.4) is 0 Å². The van der Waals surface area contributed by atoms with Gasteiger partial charge in [0.15, 0.2) is 0 Å². The van der Waals surface area contributed by atoms with Crippen LogP contribution >= 0.6 is 0 Å². The van der Waals surface area contributed by atoms with Gasteiger partial charge in [0.25, 0.3) is 0 Å². The Morgan fingerprint density at radius 2 is 1.50 bits per heavy atom. The molecule has 150 valence electrons. The number of rotatable bonds is 5. The number of esters is 1. The van der Waals surface area contributed by atoms with Crippen molar-refractivity contribution < 1.29 is 13.9 Å². The van der Waals surface area contributed by atoms with E-state index < -0.39 is 11.5 Å². The van der Waals surface area contributed by atoms with Gasteiger partial charge in [0.2, 0.25) is 0 Å². The summed E-state index contributed by atoms with van der Waals surface area (Å²) in [4.78, 5) is 25.2. The molecule has 0 aliphatic carbocycles. The first-order valence-electron chi connectivity index (χ1n) is 9.84. The van der Waals surface area contributed by atoms with Gasteiger partial charge in [-0.1, -0.05) is 72.8 Å². The number of ether oxygens (including phenoxy) is 1. The van der Waals surface area contributed by atoms with E-state index in [0.29, 0.717) is 11.1 Å². The molecule has 0 unspecified atom stereocenters. The predicted octanol–water partition coefficient (Wildman–Crippen LogP) is 5.29. The zero-order valence-corrected chi connectivity index (χ0v) is 16.9. The van der Waals surface area contributed by atoms with Crippen LogP contribution in [0.15, 0.2) is 88.1 Å². The van der Waals surface area contributed by atoms with E-state index in [1.54, 1.807) is 0 Å². The Labute approximate surface area is 174 Å². The van der Waals surface area contributed by atoms with Crippen LogP contribution < -0.4 is 5.63 Å². The van der Waals surface area contributed by atoms with Crippen LogP contribution in [0.5, 0.6) is 0 Å². The maximum atomic E-state index is 13.1. The Balaban J connectivity index is 1.66. The number of hydrogen-bond donors (Lipinski definition) is 0. The molecule has 1 heterocycles. The topological polar surface area (TPSA) is 56.5 Å². The van der Waals surface area contributed by atoms with Gasteiger partial charge in [-0.15, -0.1) is 0 Å². The maximum absolute atomic E-state index is 13.1. The van der Waals surface area contributed by atoms with Crippen molar-refractivity contribution in [2.45, 2.75) is 26.4 Å². The number of carbonyl (C=O) groups is 1. The Bertz CT molecular complexity index is 1200. The standard InChI is InChI=1S/C26H22O4/c1-17-13-14-22-21(15-23(27)30-25(22)18(17)2)16-29-26(28)24(19-9-5-3-6-10-19)20-11-7-4-8-12-20/h3-15,24H,16H2,1-2H3. The fraction of sp³-hybridized carbons (Fsp3) is 0.154. The van der Waals surface area contributed by atoms with Crippen molar-refractivity contribution in [1.29, 1.82) is 0 Å². The highest BCUT2D eigenvalue weighted by molar-refractivity contribution is 5.85. The minimum Gasteiger partial charge on any atom is -0.460 e. The minimum absolute atomic E-state index is 0.000395. The first-order valence-corrected chi connectivity index (χ1v) is 9.84. The van der Waals surface area contributed by atoms with Crippen LogP contribution in [0.1, 0.15) is 33.7 Å². The molecule has 0 saturated heterocycles. The molecule has 1 aromatic heterocycles. The van der Waals surface area contributed by atoms with Gasteiger partial charge in [0.1, 0.15) is 18.1 Å². The van der Waals surface area contributed by atoms with Gasteiger partial charge < -0.3 is 9.15 Å². The minimum atomic E-state index is -0.539. The second-order valence-corrected chi connectivity index (χ2v) is 7.34. The molecule has 0 N–H and O–H groups in total. The second kappa shape index (κ2) is 8.37. The van der Waals surface area contributed by atoms with Gasteiger partial charge in [-0.25, -0.2) is 4.79 Å². The number of aryl methyl sites for hydroxylation is 2. The normalized spacial score (nSPS) is 11.0. The second-order valence-electron chi connectivity index (χ2n) is 7.34. The van der Waals surface area contributed by atoms with E-state index in [4.69, 9.17) is 9.15 Å². The highest BCUT2D eigenvalue weighted by Gasteiger charge is 2.24. The molecule has 0 saturated carbocycles. The average Bonchev–Trinajstić information content (AvgIpc) is 2.76. The van der Waals surface area contributed by atoms with E-state index in [2.05, 4.69) is 0 Å².